The number of carbonyl (C=O) groups is 1. The van der Waals surface area contributed by atoms with Crippen LogP contribution in [0.25, 0.3) is 0 Å². The molecule has 2 fully saturated rings. The van der Waals surface area contributed by atoms with Crippen LogP contribution >= 0.6 is 0 Å². The van der Waals surface area contributed by atoms with E-state index in [9.17, 15) is 4.79 Å². The number of rotatable bonds is 6. The summed E-state index contributed by atoms with van der Waals surface area (Å²) < 4.78 is 5.46. The highest BCUT2D eigenvalue weighted by Gasteiger charge is 2.28. The molecule has 29 heavy (non-hydrogen) atoms. The number of morpholine rings is 1. The van der Waals surface area contributed by atoms with Gasteiger partial charge in [-0.05, 0) is 44.4 Å². The van der Waals surface area contributed by atoms with Crippen LogP contribution in [-0.2, 0) is 16.1 Å². The minimum Gasteiger partial charge on any atom is -0.379 e. The van der Waals surface area contributed by atoms with Crippen molar-refractivity contribution in [3.63, 3.8) is 0 Å². The van der Waals surface area contributed by atoms with Crippen molar-refractivity contribution in [1.82, 2.24) is 15.5 Å². The molecule has 0 unspecified atom stereocenters. The van der Waals surface area contributed by atoms with Gasteiger partial charge in [-0.15, -0.1) is 0 Å². The lowest BCUT2D eigenvalue weighted by molar-refractivity contribution is -0.119. The molecule has 0 bridgehead atoms. The third kappa shape index (κ3) is 5.93. The maximum atomic E-state index is 12.1. The molecule has 7 heteroatoms. The van der Waals surface area contributed by atoms with Gasteiger partial charge >= 0.3 is 0 Å². The highest BCUT2D eigenvalue weighted by atomic mass is 16.5. The first-order valence-corrected chi connectivity index (χ1v) is 10.7. The van der Waals surface area contributed by atoms with Crippen LogP contribution in [0.4, 0.5) is 5.69 Å². The van der Waals surface area contributed by atoms with E-state index in [0.717, 1.165) is 69.4 Å². The average Bonchev–Trinajstić information content (AvgIpc) is 2.75. The molecule has 0 atom stereocenters. The number of carbonyl (C=O) groups excluding carboxylic acids is 1. The number of guanidine groups is 1. The van der Waals surface area contributed by atoms with E-state index in [2.05, 4.69) is 46.5 Å². The number of hydrogen-bond acceptors (Lipinski definition) is 4. The van der Waals surface area contributed by atoms with Crippen molar-refractivity contribution in [2.45, 2.75) is 45.2 Å². The van der Waals surface area contributed by atoms with Crippen LogP contribution < -0.4 is 15.5 Å². The minimum atomic E-state index is 0.0318. The Labute approximate surface area is 174 Å². The summed E-state index contributed by atoms with van der Waals surface area (Å²) in [6.45, 7) is 10.4. The van der Waals surface area contributed by atoms with Gasteiger partial charge in [0.15, 0.2) is 5.96 Å². The quantitative estimate of drug-likeness (QED) is 0.564. The first-order chi connectivity index (χ1) is 14.0. The molecule has 2 aliphatic rings. The third-order valence-corrected chi connectivity index (χ3v) is 5.81. The number of anilines is 1. The van der Waals surface area contributed by atoms with Crippen LogP contribution in [0.2, 0.25) is 0 Å². The zero-order valence-corrected chi connectivity index (χ0v) is 18.0. The monoisotopic (exact) mass is 401 g/mol. The predicted molar refractivity (Wildman–Crippen MR) is 117 cm³/mol. The second-order valence-electron chi connectivity index (χ2n) is 8.36. The van der Waals surface area contributed by atoms with E-state index in [4.69, 9.17) is 4.74 Å². The second-order valence-corrected chi connectivity index (χ2v) is 8.36. The number of hydrogen-bond donors (Lipinski definition) is 2. The Morgan fingerprint density at radius 2 is 1.83 bits per heavy atom. The Bertz CT molecular complexity index is 696. The zero-order chi connectivity index (χ0) is 20.7. The Morgan fingerprint density at radius 3 is 2.48 bits per heavy atom. The van der Waals surface area contributed by atoms with Crippen LogP contribution in [0.1, 0.15) is 38.7 Å². The van der Waals surface area contributed by atoms with Gasteiger partial charge in [0.05, 0.1) is 13.2 Å². The molecule has 1 aromatic rings. The highest BCUT2D eigenvalue weighted by Crippen LogP contribution is 2.21. The SMILES string of the molecule is CN=C(NCc1ccc(N2CCCCC2=O)cc1)NCC(C)(C)N1CCOCC1. The van der Waals surface area contributed by atoms with E-state index >= 15 is 0 Å². The molecule has 2 heterocycles. The van der Waals surface area contributed by atoms with Gasteiger partial charge in [-0.1, -0.05) is 12.1 Å². The summed E-state index contributed by atoms with van der Waals surface area (Å²) >= 11 is 0. The van der Waals surface area contributed by atoms with Crippen LogP contribution in [0.3, 0.4) is 0 Å². The maximum absolute atomic E-state index is 12.1. The summed E-state index contributed by atoms with van der Waals surface area (Å²) in [5, 5.41) is 6.83. The van der Waals surface area contributed by atoms with Gasteiger partial charge in [0.2, 0.25) is 5.91 Å². The Morgan fingerprint density at radius 1 is 1.10 bits per heavy atom. The largest absolute Gasteiger partial charge is 0.379 e. The van der Waals surface area contributed by atoms with Crippen molar-refractivity contribution in [1.29, 1.82) is 0 Å². The second kappa shape index (κ2) is 10.1. The van der Waals surface area contributed by atoms with E-state index in [0.29, 0.717) is 13.0 Å². The molecule has 2 saturated heterocycles. The van der Waals surface area contributed by atoms with Crippen LogP contribution in [0.15, 0.2) is 29.3 Å². The normalized spacial score (nSPS) is 19.3. The summed E-state index contributed by atoms with van der Waals surface area (Å²) in [7, 11) is 1.79. The van der Waals surface area contributed by atoms with Crippen molar-refractivity contribution in [2.75, 3.05) is 51.3 Å². The first kappa shape index (κ1) is 21.6. The molecule has 2 aliphatic heterocycles. The molecule has 2 N–H and O–H groups in total. The molecule has 1 amide bonds. The number of aliphatic imine (C=N–C) groups is 1. The molecular weight excluding hydrogens is 366 g/mol. The number of benzene rings is 1. The lowest BCUT2D eigenvalue weighted by atomic mass is 10.0. The molecular formula is C22H35N5O2. The van der Waals surface area contributed by atoms with E-state index in [1.54, 1.807) is 7.05 Å². The topological polar surface area (TPSA) is 69.2 Å². The van der Waals surface area contributed by atoms with Gasteiger partial charge < -0.3 is 20.3 Å². The van der Waals surface area contributed by atoms with E-state index in [1.165, 1.54) is 0 Å². The average molecular weight is 402 g/mol. The molecule has 0 aliphatic carbocycles. The third-order valence-electron chi connectivity index (χ3n) is 5.81. The van der Waals surface area contributed by atoms with Crippen molar-refractivity contribution in [3.8, 4) is 0 Å². The lowest BCUT2D eigenvalue weighted by Crippen LogP contribution is -2.56. The number of nitrogens with one attached hydrogen (secondary N) is 2. The van der Waals surface area contributed by atoms with E-state index < -0.39 is 0 Å². The smallest absolute Gasteiger partial charge is 0.226 e. The summed E-state index contributed by atoms with van der Waals surface area (Å²) in [6, 6.07) is 8.24. The van der Waals surface area contributed by atoms with Crippen LogP contribution in [0.5, 0.6) is 0 Å². The summed E-state index contributed by atoms with van der Waals surface area (Å²) in [5.41, 5.74) is 2.19. The van der Waals surface area contributed by atoms with Crippen LogP contribution in [-0.4, -0.2) is 68.7 Å². The summed E-state index contributed by atoms with van der Waals surface area (Å²) in [5.74, 6) is 1.02. The predicted octanol–water partition coefficient (Wildman–Crippen LogP) is 1.98. The fourth-order valence-electron chi connectivity index (χ4n) is 3.86. The number of piperidine rings is 1. The molecule has 160 valence electrons. The Hall–Kier alpha value is -2.12. The number of ether oxygens (including phenoxy) is 1. The molecule has 0 saturated carbocycles. The Kier molecular flexibility index (Phi) is 7.50. The van der Waals surface area contributed by atoms with E-state index in [1.807, 2.05) is 17.0 Å². The lowest BCUT2D eigenvalue weighted by Gasteiger charge is -2.41. The van der Waals surface area contributed by atoms with Crippen molar-refractivity contribution >= 4 is 17.6 Å². The zero-order valence-electron chi connectivity index (χ0n) is 18.0. The van der Waals surface area contributed by atoms with Gasteiger partial charge in [0.1, 0.15) is 0 Å². The fourth-order valence-corrected chi connectivity index (χ4v) is 3.86. The van der Waals surface area contributed by atoms with Gasteiger partial charge in [0, 0.05) is 57.4 Å². The van der Waals surface area contributed by atoms with Crippen molar-refractivity contribution in [2.24, 2.45) is 4.99 Å². The highest BCUT2D eigenvalue weighted by molar-refractivity contribution is 5.93. The maximum Gasteiger partial charge on any atom is 0.226 e. The number of nitrogens with zero attached hydrogens (tertiary/aromatic N) is 3. The van der Waals surface area contributed by atoms with Crippen LogP contribution in [0, 0.1) is 0 Å². The molecule has 0 aromatic heterocycles. The fraction of sp³-hybridized carbons (Fsp3) is 0.636. The van der Waals surface area contributed by atoms with Gasteiger partial charge in [-0.2, -0.15) is 0 Å². The van der Waals surface area contributed by atoms with Crippen molar-refractivity contribution < 1.29 is 9.53 Å². The summed E-state index contributed by atoms with van der Waals surface area (Å²) in [6.07, 6.45) is 2.75. The Balaban J connectivity index is 1.48. The first-order valence-electron chi connectivity index (χ1n) is 10.7. The molecule has 7 nitrogen and oxygen atoms in total. The van der Waals surface area contributed by atoms with Gasteiger partial charge in [-0.3, -0.25) is 14.7 Å². The minimum absolute atomic E-state index is 0.0318. The molecule has 3 rings (SSSR count). The van der Waals surface area contributed by atoms with Gasteiger partial charge in [-0.25, -0.2) is 0 Å². The van der Waals surface area contributed by atoms with Gasteiger partial charge in [0.25, 0.3) is 0 Å². The van der Waals surface area contributed by atoms with Crippen molar-refractivity contribution in [3.05, 3.63) is 29.8 Å². The van der Waals surface area contributed by atoms with E-state index in [-0.39, 0.29) is 11.4 Å². The molecule has 0 spiro atoms. The summed E-state index contributed by atoms with van der Waals surface area (Å²) in [4.78, 5) is 20.8. The molecule has 1 aromatic carbocycles. The molecule has 0 radical (unpaired) electrons. The number of amides is 1. The standard InChI is InChI=1S/C22H35N5O2/c1-22(2,26-12-14-29-15-13-26)17-25-21(23-3)24-16-18-7-9-19(10-8-18)27-11-5-4-6-20(27)28/h7-10H,4-6,11-17H2,1-3H3,(H2,23,24,25).